The highest BCUT2D eigenvalue weighted by Crippen LogP contribution is 2.36. The average molecular weight is 367 g/mol. The van der Waals surface area contributed by atoms with Crippen molar-refractivity contribution in [2.45, 2.75) is 32.1 Å². The van der Waals surface area contributed by atoms with Gasteiger partial charge in [-0.25, -0.2) is 0 Å². The van der Waals surface area contributed by atoms with E-state index in [4.69, 9.17) is 21.1 Å². The zero-order chi connectivity index (χ0) is 18.2. The van der Waals surface area contributed by atoms with Gasteiger partial charge in [0.1, 0.15) is 0 Å². The van der Waals surface area contributed by atoms with Crippen LogP contribution in [0.25, 0.3) is 6.08 Å². The van der Waals surface area contributed by atoms with Crippen LogP contribution in [0.2, 0.25) is 5.02 Å². The Morgan fingerprint density at radius 3 is 2.48 bits per heavy atom. The standard InChI is InChI=1S/C18H23ClN2O4/c1-24-15-11-12(10-14(19)17(15)25-2)8-9-16(22)20-21-18(23)13-6-4-3-5-7-13/h8-11,13H,3-7H2,1-2H3,(H,20,22)(H,21,23)/b9-8+. The minimum Gasteiger partial charge on any atom is -0.493 e. The molecule has 1 aromatic rings. The topological polar surface area (TPSA) is 76.7 Å². The predicted molar refractivity (Wildman–Crippen MR) is 96.5 cm³/mol. The lowest BCUT2D eigenvalue weighted by atomic mass is 9.89. The maximum atomic E-state index is 12.0. The summed E-state index contributed by atoms with van der Waals surface area (Å²) in [6, 6.07) is 3.36. The molecule has 0 atom stereocenters. The number of hydrogen-bond donors (Lipinski definition) is 2. The van der Waals surface area contributed by atoms with E-state index in [9.17, 15) is 9.59 Å². The number of carbonyl (C=O) groups excluding carboxylic acids is 2. The Morgan fingerprint density at radius 1 is 1.12 bits per heavy atom. The van der Waals surface area contributed by atoms with Gasteiger partial charge in [-0.3, -0.25) is 20.4 Å². The van der Waals surface area contributed by atoms with Crippen molar-refractivity contribution in [2.75, 3.05) is 14.2 Å². The highest BCUT2D eigenvalue weighted by Gasteiger charge is 2.20. The highest BCUT2D eigenvalue weighted by molar-refractivity contribution is 6.32. The van der Waals surface area contributed by atoms with Crippen molar-refractivity contribution in [3.05, 3.63) is 28.8 Å². The first-order valence-electron chi connectivity index (χ1n) is 8.24. The summed E-state index contributed by atoms with van der Waals surface area (Å²) in [6.45, 7) is 0. The minimum atomic E-state index is -0.421. The van der Waals surface area contributed by atoms with Crippen LogP contribution < -0.4 is 20.3 Å². The smallest absolute Gasteiger partial charge is 0.262 e. The summed E-state index contributed by atoms with van der Waals surface area (Å²) < 4.78 is 10.4. The minimum absolute atomic E-state index is 0.0114. The summed E-state index contributed by atoms with van der Waals surface area (Å²) in [6.07, 6.45) is 7.95. The molecule has 1 fully saturated rings. The van der Waals surface area contributed by atoms with Crippen molar-refractivity contribution >= 4 is 29.5 Å². The van der Waals surface area contributed by atoms with Crippen LogP contribution in [0, 0.1) is 5.92 Å². The Kier molecular flexibility index (Phi) is 7.13. The van der Waals surface area contributed by atoms with Crippen LogP contribution in [0.4, 0.5) is 0 Å². The Hall–Kier alpha value is -2.21. The molecule has 25 heavy (non-hydrogen) atoms. The second-order valence-electron chi connectivity index (χ2n) is 5.89. The fourth-order valence-electron chi connectivity index (χ4n) is 2.84. The van der Waals surface area contributed by atoms with Crippen molar-refractivity contribution < 1.29 is 19.1 Å². The van der Waals surface area contributed by atoms with E-state index in [1.54, 1.807) is 18.2 Å². The van der Waals surface area contributed by atoms with Gasteiger partial charge in [-0.15, -0.1) is 0 Å². The fraction of sp³-hybridized carbons (Fsp3) is 0.444. The van der Waals surface area contributed by atoms with E-state index < -0.39 is 5.91 Å². The van der Waals surface area contributed by atoms with Crippen LogP contribution in [-0.4, -0.2) is 26.0 Å². The van der Waals surface area contributed by atoms with Gasteiger partial charge in [-0.05, 0) is 36.6 Å². The lowest BCUT2D eigenvalue weighted by Gasteiger charge is -2.20. The fourth-order valence-corrected chi connectivity index (χ4v) is 3.13. The van der Waals surface area contributed by atoms with Gasteiger partial charge in [0.05, 0.1) is 19.2 Å². The largest absolute Gasteiger partial charge is 0.493 e. The molecule has 0 spiro atoms. The molecule has 1 aliphatic rings. The van der Waals surface area contributed by atoms with Gasteiger partial charge in [0.2, 0.25) is 5.91 Å². The third-order valence-corrected chi connectivity index (χ3v) is 4.45. The van der Waals surface area contributed by atoms with Gasteiger partial charge in [-0.2, -0.15) is 0 Å². The molecule has 136 valence electrons. The number of benzene rings is 1. The number of amides is 2. The molecule has 0 aromatic heterocycles. The lowest BCUT2D eigenvalue weighted by Crippen LogP contribution is -2.44. The molecule has 7 heteroatoms. The van der Waals surface area contributed by atoms with E-state index in [0.29, 0.717) is 22.1 Å². The number of carbonyl (C=O) groups is 2. The quantitative estimate of drug-likeness (QED) is 0.620. The zero-order valence-corrected chi connectivity index (χ0v) is 15.2. The number of halogens is 1. The van der Waals surface area contributed by atoms with Crippen molar-refractivity contribution in [3.63, 3.8) is 0 Å². The first-order valence-corrected chi connectivity index (χ1v) is 8.62. The van der Waals surface area contributed by atoms with E-state index in [1.165, 1.54) is 26.7 Å². The van der Waals surface area contributed by atoms with Crippen LogP contribution in [-0.2, 0) is 9.59 Å². The van der Waals surface area contributed by atoms with E-state index >= 15 is 0 Å². The Balaban J connectivity index is 1.91. The first-order chi connectivity index (χ1) is 12.0. The molecule has 0 heterocycles. The molecule has 0 saturated heterocycles. The number of hydrogen-bond acceptors (Lipinski definition) is 4. The zero-order valence-electron chi connectivity index (χ0n) is 14.4. The summed E-state index contributed by atoms with van der Waals surface area (Å²) >= 11 is 6.12. The number of hydrazine groups is 1. The van der Waals surface area contributed by atoms with Crippen molar-refractivity contribution in [1.29, 1.82) is 0 Å². The monoisotopic (exact) mass is 366 g/mol. The van der Waals surface area contributed by atoms with Crippen molar-refractivity contribution in [2.24, 2.45) is 5.92 Å². The first kappa shape index (κ1) is 19.1. The van der Waals surface area contributed by atoms with E-state index in [1.807, 2.05) is 0 Å². The van der Waals surface area contributed by atoms with Crippen LogP contribution >= 0.6 is 11.6 Å². The molecule has 0 aliphatic heterocycles. The molecular weight excluding hydrogens is 344 g/mol. The van der Waals surface area contributed by atoms with Gasteiger partial charge in [0, 0.05) is 12.0 Å². The summed E-state index contributed by atoms with van der Waals surface area (Å²) in [5, 5.41) is 0.382. The molecule has 6 nitrogen and oxygen atoms in total. The molecule has 2 N–H and O–H groups in total. The van der Waals surface area contributed by atoms with Gasteiger partial charge in [-0.1, -0.05) is 30.9 Å². The van der Waals surface area contributed by atoms with Gasteiger partial charge in [0.25, 0.3) is 5.91 Å². The van der Waals surface area contributed by atoms with Crippen LogP contribution in [0.1, 0.15) is 37.7 Å². The number of nitrogens with one attached hydrogen (secondary N) is 2. The van der Waals surface area contributed by atoms with Crippen LogP contribution in [0.15, 0.2) is 18.2 Å². The molecule has 1 aliphatic carbocycles. The Labute approximate surface area is 152 Å². The third kappa shape index (κ3) is 5.39. The molecule has 1 aromatic carbocycles. The lowest BCUT2D eigenvalue weighted by molar-refractivity contribution is -0.130. The van der Waals surface area contributed by atoms with Gasteiger partial charge >= 0.3 is 0 Å². The molecule has 0 bridgehead atoms. The molecule has 1 saturated carbocycles. The van der Waals surface area contributed by atoms with Gasteiger partial charge < -0.3 is 9.47 Å². The van der Waals surface area contributed by atoms with E-state index in [0.717, 1.165) is 25.7 Å². The van der Waals surface area contributed by atoms with Crippen molar-refractivity contribution in [3.8, 4) is 11.5 Å². The van der Waals surface area contributed by atoms with E-state index in [2.05, 4.69) is 10.9 Å². The predicted octanol–water partition coefficient (Wildman–Crippen LogP) is 3.10. The molecular formula is C18H23ClN2O4. The van der Waals surface area contributed by atoms with Gasteiger partial charge in [0.15, 0.2) is 11.5 Å². The maximum Gasteiger partial charge on any atom is 0.262 e. The normalized spacial score (nSPS) is 15.0. The maximum absolute atomic E-state index is 12.0. The second kappa shape index (κ2) is 9.32. The summed E-state index contributed by atoms with van der Waals surface area (Å²) in [5.41, 5.74) is 5.56. The van der Waals surface area contributed by atoms with Crippen LogP contribution in [0.5, 0.6) is 11.5 Å². The summed E-state index contributed by atoms with van der Waals surface area (Å²) in [5.74, 6) is 0.347. The number of methoxy groups -OCH3 is 2. The molecule has 2 amide bonds. The molecule has 2 rings (SSSR count). The van der Waals surface area contributed by atoms with E-state index in [-0.39, 0.29) is 11.8 Å². The van der Waals surface area contributed by atoms with Crippen LogP contribution in [0.3, 0.4) is 0 Å². The highest BCUT2D eigenvalue weighted by atomic mass is 35.5. The third-order valence-electron chi connectivity index (χ3n) is 4.17. The summed E-state index contributed by atoms with van der Waals surface area (Å²) in [4.78, 5) is 23.8. The Morgan fingerprint density at radius 2 is 1.84 bits per heavy atom. The Bertz CT molecular complexity index is 655. The molecule has 0 unspecified atom stereocenters. The summed E-state index contributed by atoms with van der Waals surface area (Å²) in [7, 11) is 3.01. The average Bonchev–Trinajstić information content (AvgIpc) is 2.64. The number of ether oxygens (including phenoxy) is 2. The molecule has 0 radical (unpaired) electrons. The van der Waals surface area contributed by atoms with Crippen molar-refractivity contribution in [1.82, 2.24) is 10.9 Å². The second-order valence-corrected chi connectivity index (χ2v) is 6.29. The SMILES string of the molecule is COc1cc(/C=C/C(=O)NNC(=O)C2CCCCC2)cc(Cl)c1OC. The number of rotatable bonds is 5.